The molecule has 1 N–H and O–H groups in total. The SMILES string of the molecule is O=C1CCCc2c([N+](=O)[O-])ccc(O)c21. The molecule has 0 bridgehead atoms. The number of nitro benzene ring substituents is 1. The Labute approximate surface area is 85.5 Å². The lowest BCUT2D eigenvalue weighted by Gasteiger charge is -2.15. The molecule has 1 aromatic carbocycles. The van der Waals surface area contributed by atoms with Crippen LogP contribution in [-0.2, 0) is 6.42 Å². The molecule has 0 heterocycles. The second-order valence-electron chi connectivity index (χ2n) is 3.49. The van der Waals surface area contributed by atoms with Crippen molar-refractivity contribution in [3.63, 3.8) is 0 Å². The summed E-state index contributed by atoms with van der Waals surface area (Å²) in [6.07, 6.45) is 1.43. The smallest absolute Gasteiger partial charge is 0.273 e. The Hall–Kier alpha value is -1.91. The summed E-state index contributed by atoms with van der Waals surface area (Å²) in [6.45, 7) is 0. The maximum atomic E-state index is 11.5. The number of Topliss-reactive ketones (excluding diaryl/α,β-unsaturated/α-hetero) is 1. The van der Waals surface area contributed by atoms with Gasteiger partial charge in [0.05, 0.1) is 10.5 Å². The van der Waals surface area contributed by atoms with E-state index in [-0.39, 0.29) is 22.8 Å². The second kappa shape index (κ2) is 3.34. The molecule has 2 rings (SSSR count). The first kappa shape index (κ1) is 9.64. The van der Waals surface area contributed by atoms with Crippen molar-refractivity contribution in [1.29, 1.82) is 0 Å². The minimum atomic E-state index is -0.517. The third-order valence-corrected chi connectivity index (χ3v) is 2.57. The van der Waals surface area contributed by atoms with Crippen molar-refractivity contribution in [2.45, 2.75) is 19.3 Å². The summed E-state index contributed by atoms with van der Waals surface area (Å²) in [4.78, 5) is 21.7. The summed E-state index contributed by atoms with van der Waals surface area (Å²) in [7, 11) is 0. The lowest BCUT2D eigenvalue weighted by atomic mass is 9.89. The van der Waals surface area contributed by atoms with Crippen LogP contribution in [0.2, 0.25) is 0 Å². The highest BCUT2D eigenvalue weighted by Crippen LogP contribution is 2.34. The van der Waals surface area contributed by atoms with Crippen LogP contribution in [0.4, 0.5) is 5.69 Å². The molecule has 0 atom stereocenters. The summed E-state index contributed by atoms with van der Waals surface area (Å²) in [5.41, 5.74) is 0.433. The molecule has 1 aliphatic carbocycles. The third-order valence-electron chi connectivity index (χ3n) is 2.57. The van der Waals surface area contributed by atoms with Crippen molar-refractivity contribution in [2.24, 2.45) is 0 Å². The number of carbonyl (C=O) groups excluding carboxylic acids is 1. The highest BCUT2D eigenvalue weighted by atomic mass is 16.6. The maximum absolute atomic E-state index is 11.5. The second-order valence-corrected chi connectivity index (χ2v) is 3.49. The van der Waals surface area contributed by atoms with E-state index < -0.39 is 4.92 Å². The van der Waals surface area contributed by atoms with Gasteiger partial charge >= 0.3 is 0 Å². The number of phenols is 1. The van der Waals surface area contributed by atoms with Gasteiger partial charge < -0.3 is 5.11 Å². The molecule has 0 aromatic heterocycles. The van der Waals surface area contributed by atoms with Crippen LogP contribution in [0.25, 0.3) is 0 Å². The summed E-state index contributed by atoms with van der Waals surface area (Å²) in [5.74, 6) is -0.363. The van der Waals surface area contributed by atoms with Crippen molar-refractivity contribution >= 4 is 11.5 Å². The van der Waals surface area contributed by atoms with Crippen LogP contribution >= 0.6 is 0 Å². The van der Waals surface area contributed by atoms with Gasteiger partial charge in [0.2, 0.25) is 0 Å². The molecule has 5 heteroatoms. The van der Waals surface area contributed by atoms with E-state index in [4.69, 9.17) is 0 Å². The average Bonchev–Trinajstić information content (AvgIpc) is 2.17. The minimum Gasteiger partial charge on any atom is -0.507 e. The number of hydrogen-bond acceptors (Lipinski definition) is 4. The fraction of sp³-hybridized carbons (Fsp3) is 0.300. The van der Waals surface area contributed by atoms with E-state index in [1.807, 2.05) is 0 Å². The van der Waals surface area contributed by atoms with Crippen LogP contribution in [0.15, 0.2) is 12.1 Å². The number of benzene rings is 1. The van der Waals surface area contributed by atoms with E-state index in [1.54, 1.807) is 0 Å². The number of hydrogen-bond donors (Lipinski definition) is 1. The zero-order valence-corrected chi connectivity index (χ0v) is 7.90. The molecule has 0 spiro atoms. The Kier molecular flexibility index (Phi) is 2.15. The molecule has 1 aromatic rings. The van der Waals surface area contributed by atoms with Crippen LogP contribution < -0.4 is 0 Å². The molecule has 78 valence electrons. The van der Waals surface area contributed by atoms with Crippen LogP contribution in [0.3, 0.4) is 0 Å². The van der Waals surface area contributed by atoms with Crippen LogP contribution in [0, 0.1) is 10.1 Å². The van der Waals surface area contributed by atoms with Gasteiger partial charge in [0, 0.05) is 18.1 Å². The van der Waals surface area contributed by atoms with Gasteiger partial charge in [-0.2, -0.15) is 0 Å². The summed E-state index contributed by atoms with van der Waals surface area (Å²) >= 11 is 0. The highest BCUT2D eigenvalue weighted by molar-refractivity contribution is 6.01. The lowest BCUT2D eigenvalue weighted by molar-refractivity contribution is -0.385. The first-order chi connectivity index (χ1) is 7.11. The molecule has 0 fully saturated rings. The Bertz CT molecular complexity index is 453. The normalized spacial score (nSPS) is 14.8. The van der Waals surface area contributed by atoms with E-state index in [2.05, 4.69) is 0 Å². The molecule has 0 aliphatic heterocycles. The number of ketones is 1. The van der Waals surface area contributed by atoms with Gasteiger partial charge in [0.1, 0.15) is 5.75 Å². The molecular formula is C10H9NO4. The molecule has 15 heavy (non-hydrogen) atoms. The topological polar surface area (TPSA) is 80.4 Å². The number of rotatable bonds is 1. The summed E-state index contributed by atoms with van der Waals surface area (Å²) in [6, 6.07) is 2.45. The number of nitrogens with zero attached hydrogens (tertiary/aromatic N) is 1. The van der Waals surface area contributed by atoms with Crippen LogP contribution in [0.5, 0.6) is 5.75 Å². The van der Waals surface area contributed by atoms with E-state index in [0.717, 1.165) is 0 Å². The molecule has 0 amide bonds. The molecule has 0 radical (unpaired) electrons. The maximum Gasteiger partial charge on any atom is 0.273 e. The van der Waals surface area contributed by atoms with Crippen molar-refractivity contribution in [3.05, 3.63) is 33.4 Å². The molecule has 5 nitrogen and oxygen atoms in total. The largest absolute Gasteiger partial charge is 0.507 e. The van der Waals surface area contributed by atoms with E-state index in [1.165, 1.54) is 12.1 Å². The molecule has 1 aliphatic rings. The van der Waals surface area contributed by atoms with Gasteiger partial charge in [0.15, 0.2) is 5.78 Å². The molecule has 0 unspecified atom stereocenters. The minimum absolute atomic E-state index is 0.0733. The lowest BCUT2D eigenvalue weighted by Crippen LogP contribution is -2.12. The van der Waals surface area contributed by atoms with Crippen molar-refractivity contribution < 1.29 is 14.8 Å². The standard InChI is InChI=1S/C10H9NO4/c12-8-3-1-2-6-7(11(14)15)4-5-9(13)10(6)8/h4-5,13H,1-3H2. The Morgan fingerprint density at radius 3 is 2.73 bits per heavy atom. The summed E-state index contributed by atoms with van der Waals surface area (Å²) < 4.78 is 0. The molecule has 0 saturated heterocycles. The van der Waals surface area contributed by atoms with Gasteiger partial charge in [-0.25, -0.2) is 0 Å². The first-order valence-electron chi connectivity index (χ1n) is 4.63. The van der Waals surface area contributed by atoms with Crippen LogP contribution in [0.1, 0.15) is 28.8 Å². The predicted molar refractivity (Wildman–Crippen MR) is 52.0 cm³/mol. The van der Waals surface area contributed by atoms with E-state index in [9.17, 15) is 20.0 Å². The van der Waals surface area contributed by atoms with Crippen molar-refractivity contribution in [1.82, 2.24) is 0 Å². The zero-order chi connectivity index (χ0) is 11.0. The van der Waals surface area contributed by atoms with Gasteiger partial charge in [-0.3, -0.25) is 14.9 Å². The average molecular weight is 207 g/mol. The van der Waals surface area contributed by atoms with Gasteiger partial charge in [-0.1, -0.05) is 0 Å². The Morgan fingerprint density at radius 1 is 1.33 bits per heavy atom. The van der Waals surface area contributed by atoms with E-state index in [0.29, 0.717) is 24.8 Å². The number of aromatic hydroxyl groups is 1. The summed E-state index contributed by atoms with van der Waals surface area (Å²) in [5, 5.41) is 20.2. The molecule has 0 saturated carbocycles. The van der Waals surface area contributed by atoms with Crippen molar-refractivity contribution in [2.75, 3.05) is 0 Å². The van der Waals surface area contributed by atoms with Crippen LogP contribution in [-0.4, -0.2) is 15.8 Å². The van der Waals surface area contributed by atoms with Gasteiger partial charge in [-0.15, -0.1) is 0 Å². The van der Waals surface area contributed by atoms with Gasteiger partial charge in [-0.05, 0) is 18.9 Å². The van der Waals surface area contributed by atoms with Crippen molar-refractivity contribution in [3.8, 4) is 5.75 Å². The third kappa shape index (κ3) is 1.45. The predicted octanol–water partition coefficient (Wildman–Crippen LogP) is 1.82. The fourth-order valence-corrected chi connectivity index (χ4v) is 1.91. The highest BCUT2D eigenvalue weighted by Gasteiger charge is 2.27. The Balaban J connectivity index is 2.69. The van der Waals surface area contributed by atoms with E-state index >= 15 is 0 Å². The quantitative estimate of drug-likeness (QED) is 0.562. The number of fused-ring (bicyclic) bond motifs is 1. The Morgan fingerprint density at radius 2 is 2.07 bits per heavy atom. The monoisotopic (exact) mass is 207 g/mol. The van der Waals surface area contributed by atoms with Gasteiger partial charge in [0.25, 0.3) is 5.69 Å². The first-order valence-corrected chi connectivity index (χ1v) is 4.63. The number of carbonyl (C=O) groups is 1. The number of nitro groups is 1. The zero-order valence-electron chi connectivity index (χ0n) is 7.90. The molecular weight excluding hydrogens is 198 g/mol. The fourth-order valence-electron chi connectivity index (χ4n) is 1.91. The number of phenolic OH excluding ortho intramolecular Hbond substituents is 1.